The molecule has 0 N–H and O–H groups in total. The van der Waals surface area contributed by atoms with Crippen LogP contribution in [0.15, 0.2) is 36.4 Å². The number of hydrogen-bond acceptors (Lipinski definition) is 4. The normalized spacial score (nSPS) is 12.6. The van der Waals surface area contributed by atoms with Gasteiger partial charge in [0.2, 0.25) is 0 Å². The second-order valence-corrected chi connectivity index (χ2v) is 7.06. The fourth-order valence-electron chi connectivity index (χ4n) is 3.03. The molecule has 5 nitrogen and oxygen atoms in total. The van der Waals surface area contributed by atoms with Crippen LogP contribution in [0.4, 0.5) is 0 Å². The summed E-state index contributed by atoms with van der Waals surface area (Å²) < 4.78 is 1.79. The molecule has 0 saturated heterocycles. The highest BCUT2D eigenvalue weighted by atomic mass is 35.5. The van der Waals surface area contributed by atoms with Crippen molar-refractivity contribution in [2.45, 2.75) is 19.9 Å². The molecule has 0 saturated carbocycles. The van der Waals surface area contributed by atoms with E-state index < -0.39 is 0 Å². The molecule has 1 heterocycles. The summed E-state index contributed by atoms with van der Waals surface area (Å²) in [5.74, 6) is 0.701. The van der Waals surface area contributed by atoms with Gasteiger partial charge in [-0.25, -0.2) is 0 Å². The van der Waals surface area contributed by atoms with Crippen molar-refractivity contribution in [3.05, 3.63) is 69.0 Å². The zero-order valence-electron chi connectivity index (χ0n) is 14.5. The Labute approximate surface area is 157 Å². The lowest BCUT2D eigenvalue weighted by molar-refractivity contribution is 0.325. The fraction of sp³-hybridized carbons (Fsp3) is 0.278. The summed E-state index contributed by atoms with van der Waals surface area (Å²) in [6.07, 6.45) is 0. The predicted molar refractivity (Wildman–Crippen MR) is 101 cm³/mol. The van der Waals surface area contributed by atoms with E-state index in [1.807, 2.05) is 63.2 Å². The minimum atomic E-state index is -0.209. The van der Waals surface area contributed by atoms with Crippen LogP contribution in [0.25, 0.3) is 5.69 Å². The Morgan fingerprint density at radius 2 is 1.72 bits per heavy atom. The first kappa shape index (κ1) is 17.9. The van der Waals surface area contributed by atoms with Gasteiger partial charge in [-0.2, -0.15) is 4.68 Å². The lowest BCUT2D eigenvalue weighted by Gasteiger charge is -2.25. The first-order valence-electron chi connectivity index (χ1n) is 7.86. The molecule has 0 radical (unpaired) electrons. The molecule has 3 aromatic rings. The van der Waals surface area contributed by atoms with Gasteiger partial charge in [-0.05, 0) is 67.2 Å². The van der Waals surface area contributed by atoms with Crippen LogP contribution in [-0.4, -0.2) is 39.2 Å². The van der Waals surface area contributed by atoms with Crippen molar-refractivity contribution in [1.29, 1.82) is 0 Å². The summed E-state index contributed by atoms with van der Waals surface area (Å²) in [6.45, 7) is 4.10. The van der Waals surface area contributed by atoms with Crippen molar-refractivity contribution in [3.63, 3.8) is 0 Å². The molecule has 25 heavy (non-hydrogen) atoms. The van der Waals surface area contributed by atoms with E-state index in [2.05, 4.69) is 15.5 Å². The highest BCUT2D eigenvalue weighted by molar-refractivity contribution is 6.35. The summed E-state index contributed by atoms with van der Waals surface area (Å²) in [5.41, 5.74) is 4.10. The average molecular weight is 376 g/mol. The van der Waals surface area contributed by atoms with Gasteiger partial charge in [0, 0.05) is 10.0 Å². The van der Waals surface area contributed by atoms with Crippen LogP contribution in [0.1, 0.15) is 28.6 Å². The maximum atomic E-state index is 6.46. The SMILES string of the molecule is Cc1cccc(C)c1-n1nnnc1C(c1ccc(Cl)cc1Cl)N(C)C. The number of para-hydroxylation sites is 1. The van der Waals surface area contributed by atoms with Crippen LogP contribution in [0.5, 0.6) is 0 Å². The molecule has 0 aliphatic heterocycles. The van der Waals surface area contributed by atoms with E-state index >= 15 is 0 Å². The Kier molecular flexibility index (Phi) is 5.08. The topological polar surface area (TPSA) is 46.8 Å². The van der Waals surface area contributed by atoms with Crippen molar-refractivity contribution in [3.8, 4) is 5.69 Å². The Morgan fingerprint density at radius 1 is 1.04 bits per heavy atom. The molecule has 130 valence electrons. The molecule has 1 unspecified atom stereocenters. The predicted octanol–water partition coefficient (Wildman–Crippen LogP) is 4.24. The maximum Gasteiger partial charge on any atom is 0.178 e. The van der Waals surface area contributed by atoms with Crippen molar-refractivity contribution in [2.24, 2.45) is 0 Å². The summed E-state index contributed by atoms with van der Waals surface area (Å²) in [6, 6.07) is 11.4. The molecule has 7 heteroatoms. The number of halogens is 2. The Morgan fingerprint density at radius 3 is 2.32 bits per heavy atom. The van der Waals surface area contributed by atoms with Gasteiger partial charge in [-0.3, -0.25) is 4.90 Å². The lowest BCUT2D eigenvalue weighted by Crippen LogP contribution is -2.25. The smallest absolute Gasteiger partial charge is 0.178 e. The summed E-state index contributed by atoms with van der Waals surface area (Å²) in [5, 5.41) is 13.7. The van der Waals surface area contributed by atoms with E-state index in [0.29, 0.717) is 15.9 Å². The zero-order chi connectivity index (χ0) is 18.1. The molecule has 3 rings (SSSR count). The monoisotopic (exact) mass is 375 g/mol. The molecule has 0 spiro atoms. The minimum absolute atomic E-state index is 0.209. The van der Waals surface area contributed by atoms with Gasteiger partial charge in [0.05, 0.1) is 11.7 Å². The van der Waals surface area contributed by atoms with E-state index in [9.17, 15) is 0 Å². The standard InChI is InChI=1S/C18H19Cl2N5/c1-11-6-5-7-12(2)16(11)25-18(21-22-23-25)17(24(3)4)14-9-8-13(19)10-15(14)20/h5-10,17H,1-4H3. The van der Waals surface area contributed by atoms with E-state index in [1.54, 1.807) is 10.7 Å². The number of aryl methyl sites for hydroxylation is 2. The van der Waals surface area contributed by atoms with Gasteiger partial charge >= 0.3 is 0 Å². The second-order valence-electron chi connectivity index (χ2n) is 6.22. The highest BCUT2D eigenvalue weighted by Crippen LogP contribution is 2.33. The highest BCUT2D eigenvalue weighted by Gasteiger charge is 2.27. The van der Waals surface area contributed by atoms with Crippen LogP contribution in [-0.2, 0) is 0 Å². The molecule has 1 atom stereocenters. The van der Waals surface area contributed by atoms with Gasteiger partial charge in [0.15, 0.2) is 5.82 Å². The van der Waals surface area contributed by atoms with Crippen LogP contribution in [0.3, 0.4) is 0 Å². The molecule has 2 aromatic carbocycles. The Bertz CT molecular complexity index is 884. The van der Waals surface area contributed by atoms with E-state index in [-0.39, 0.29) is 6.04 Å². The first-order chi connectivity index (χ1) is 11.9. The van der Waals surface area contributed by atoms with Crippen molar-refractivity contribution in [1.82, 2.24) is 25.1 Å². The minimum Gasteiger partial charge on any atom is -0.296 e. The van der Waals surface area contributed by atoms with Gasteiger partial charge in [0.25, 0.3) is 0 Å². The molecule has 0 aliphatic rings. The quantitative estimate of drug-likeness (QED) is 0.684. The number of benzene rings is 2. The summed E-state index contributed by atoms with van der Waals surface area (Å²) >= 11 is 12.5. The molecule has 0 bridgehead atoms. The van der Waals surface area contributed by atoms with Gasteiger partial charge in [0.1, 0.15) is 0 Å². The Hall–Kier alpha value is -1.95. The van der Waals surface area contributed by atoms with Gasteiger partial charge < -0.3 is 0 Å². The molecular formula is C18H19Cl2N5. The van der Waals surface area contributed by atoms with Crippen LogP contribution < -0.4 is 0 Å². The number of rotatable bonds is 4. The van der Waals surface area contributed by atoms with Gasteiger partial charge in [-0.1, -0.05) is 47.5 Å². The number of nitrogens with zero attached hydrogens (tertiary/aromatic N) is 5. The van der Waals surface area contributed by atoms with Crippen molar-refractivity contribution < 1.29 is 0 Å². The number of aromatic nitrogens is 4. The molecular weight excluding hydrogens is 357 g/mol. The fourth-order valence-corrected chi connectivity index (χ4v) is 3.55. The number of tetrazole rings is 1. The average Bonchev–Trinajstić information content (AvgIpc) is 2.98. The number of hydrogen-bond donors (Lipinski definition) is 0. The second kappa shape index (κ2) is 7.12. The van der Waals surface area contributed by atoms with E-state index in [0.717, 1.165) is 22.4 Å². The van der Waals surface area contributed by atoms with E-state index in [1.165, 1.54) is 0 Å². The largest absolute Gasteiger partial charge is 0.296 e. The van der Waals surface area contributed by atoms with Crippen molar-refractivity contribution in [2.75, 3.05) is 14.1 Å². The third kappa shape index (κ3) is 3.40. The molecule has 1 aromatic heterocycles. The molecule has 0 aliphatic carbocycles. The van der Waals surface area contributed by atoms with Crippen LogP contribution in [0, 0.1) is 13.8 Å². The van der Waals surface area contributed by atoms with Crippen molar-refractivity contribution >= 4 is 23.2 Å². The van der Waals surface area contributed by atoms with Crippen LogP contribution >= 0.6 is 23.2 Å². The van der Waals surface area contributed by atoms with E-state index in [4.69, 9.17) is 23.2 Å². The Balaban J connectivity index is 2.19. The third-order valence-corrected chi connectivity index (χ3v) is 4.73. The summed E-state index contributed by atoms with van der Waals surface area (Å²) in [4.78, 5) is 2.03. The lowest BCUT2D eigenvalue weighted by atomic mass is 10.0. The van der Waals surface area contributed by atoms with Crippen LogP contribution in [0.2, 0.25) is 10.0 Å². The maximum absolute atomic E-state index is 6.46. The first-order valence-corrected chi connectivity index (χ1v) is 8.62. The third-order valence-electron chi connectivity index (χ3n) is 4.16. The molecule has 0 fully saturated rings. The zero-order valence-corrected chi connectivity index (χ0v) is 16.0. The summed E-state index contributed by atoms with van der Waals surface area (Å²) in [7, 11) is 3.94. The molecule has 0 amide bonds. The van der Waals surface area contributed by atoms with Gasteiger partial charge in [-0.15, -0.1) is 5.10 Å².